The number of allylic oxidation sites excluding steroid dienone is 6. The van der Waals surface area contributed by atoms with E-state index in [4.69, 9.17) is 45.8 Å². The van der Waals surface area contributed by atoms with Crippen LogP contribution in [0.3, 0.4) is 0 Å². The number of carbonyl (C=O) groups is 2. The molecule has 0 unspecified atom stereocenters. The molecule has 15 rings (SSSR count). The first kappa shape index (κ1) is 80.4. The van der Waals surface area contributed by atoms with Gasteiger partial charge in [0, 0.05) is 74.9 Å². The number of fused-ring (bicyclic) bond motifs is 20. The van der Waals surface area contributed by atoms with E-state index in [1.807, 2.05) is 104 Å². The Morgan fingerprint density at radius 3 is 1.16 bits per heavy atom. The fourth-order valence-corrected chi connectivity index (χ4v) is 30.8. The summed E-state index contributed by atoms with van der Waals surface area (Å²) < 4.78 is 28.3. The standard InChI is InChI=1S/C94H96Cl2N4O4S8/c1-9-15-21-27-29-37-45-103-77-71-81(107-89-83(71)109-87-73-85(111-91(87)89)79-63(93(73,41-33-23-17-11-3)42-34-24-18-12-4)49-55(105-79)47-61-69(67(53-97)99-7)57-39-31-32-40-58(57)75(61)101)78(104-46-38-30-28-22-16-10-2)72-82(77)108-90-84(72)110-88-74-86(112-92(88)90)80-64(94(74,43-35-25-19-13-5)44-36-26-20-14-6)50-56(106-80)48-62-70(68(54-98)100-8)59-51-65(95)66(96)52-60(59)76(62)102/h31-32,39-40,47-52H,9-30,33-38,41-46H2,1-6H3/b61-47-,62-48-,69-67-,70-68+. The van der Waals surface area contributed by atoms with Crippen LogP contribution in [0.5, 0.6) is 11.5 Å². The van der Waals surface area contributed by atoms with Crippen molar-refractivity contribution in [2.75, 3.05) is 13.2 Å². The van der Waals surface area contributed by atoms with E-state index in [0.717, 1.165) is 150 Å². The Labute approximate surface area is 702 Å². The zero-order valence-corrected chi connectivity index (χ0v) is 73.3. The minimum atomic E-state index is -0.286. The molecule has 8 aromatic heterocycles. The minimum Gasteiger partial charge on any atom is -0.491 e. The van der Waals surface area contributed by atoms with Crippen LogP contribution in [-0.4, -0.2) is 24.8 Å². The summed E-state index contributed by atoms with van der Waals surface area (Å²) >= 11 is 28.5. The van der Waals surface area contributed by atoms with Crippen molar-refractivity contribution in [3.63, 3.8) is 0 Å². The molecule has 0 aliphatic heterocycles. The fourth-order valence-electron chi connectivity index (χ4n) is 18.4. The first-order valence-electron chi connectivity index (χ1n) is 41.3. The van der Waals surface area contributed by atoms with Gasteiger partial charge in [-0.05, 0) is 97.2 Å². The number of halogens is 2. The van der Waals surface area contributed by atoms with Crippen LogP contribution in [0.25, 0.3) is 110 Å². The quantitative estimate of drug-likeness (QED) is 0.0165. The summed E-state index contributed by atoms with van der Waals surface area (Å²) in [5.41, 5.74) is 8.47. The van der Waals surface area contributed by atoms with Gasteiger partial charge in [-0.3, -0.25) is 9.59 Å². The van der Waals surface area contributed by atoms with Crippen LogP contribution in [0.4, 0.5) is 0 Å². The Hall–Kier alpha value is -6.74. The van der Waals surface area contributed by atoms with Crippen molar-refractivity contribution in [3.8, 4) is 43.1 Å². The number of hydrogen-bond donors (Lipinski definition) is 0. The Bertz CT molecular complexity index is 5720. The van der Waals surface area contributed by atoms with Crippen molar-refractivity contribution in [3.05, 3.63) is 158 Å². The molecule has 4 aliphatic carbocycles. The molecule has 11 aromatic rings. The van der Waals surface area contributed by atoms with Crippen LogP contribution in [0, 0.1) is 35.8 Å². The second kappa shape index (κ2) is 35.4. The maximum absolute atomic E-state index is 14.7. The monoisotopic (exact) mass is 1670 g/mol. The summed E-state index contributed by atoms with van der Waals surface area (Å²) in [7, 11) is 0. The second-order valence-electron chi connectivity index (χ2n) is 31.2. The summed E-state index contributed by atoms with van der Waals surface area (Å²) in [5, 5.41) is 23.8. The summed E-state index contributed by atoms with van der Waals surface area (Å²) in [4.78, 5) is 43.8. The summed E-state index contributed by atoms with van der Waals surface area (Å²) in [6, 6.07) is 19.7. The number of thiophene rings is 8. The van der Waals surface area contributed by atoms with E-state index in [2.05, 4.69) is 75.5 Å². The van der Waals surface area contributed by atoms with Crippen LogP contribution < -0.4 is 9.47 Å². The molecule has 4 aliphatic rings. The van der Waals surface area contributed by atoms with Gasteiger partial charge in [0.25, 0.3) is 11.4 Å². The van der Waals surface area contributed by atoms with E-state index in [9.17, 15) is 20.1 Å². The number of nitrogens with zero attached hydrogens (tertiary/aromatic N) is 4. The molecule has 3 aromatic carbocycles. The summed E-state index contributed by atoms with van der Waals surface area (Å²) in [6.07, 6.45) is 40.3. The van der Waals surface area contributed by atoms with Crippen molar-refractivity contribution >= 4 is 207 Å². The number of rotatable bonds is 38. The number of nitriles is 2. The van der Waals surface area contributed by atoms with Crippen molar-refractivity contribution in [1.82, 2.24) is 0 Å². The highest BCUT2D eigenvalue weighted by Crippen LogP contribution is 2.69. The molecule has 112 heavy (non-hydrogen) atoms. The number of ketones is 2. The van der Waals surface area contributed by atoms with E-state index < -0.39 is 0 Å². The zero-order valence-electron chi connectivity index (χ0n) is 65.3. The molecule has 0 saturated heterocycles. The van der Waals surface area contributed by atoms with Gasteiger partial charge in [-0.15, -0.1) is 90.7 Å². The third-order valence-electron chi connectivity index (χ3n) is 23.9. The van der Waals surface area contributed by atoms with Gasteiger partial charge in [0.1, 0.15) is 11.5 Å². The van der Waals surface area contributed by atoms with Crippen LogP contribution in [0.2, 0.25) is 10.0 Å². The third kappa shape index (κ3) is 14.4. The predicted molar refractivity (Wildman–Crippen MR) is 485 cm³/mol. The van der Waals surface area contributed by atoms with Gasteiger partial charge in [0.15, 0.2) is 11.6 Å². The van der Waals surface area contributed by atoms with Crippen LogP contribution >= 0.6 is 114 Å². The maximum atomic E-state index is 14.7. The first-order chi connectivity index (χ1) is 54.8. The average Bonchev–Trinajstić information content (AvgIpc) is 1.51. The molecule has 8 heterocycles. The Morgan fingerprint density at radius 1 is 0.411 bits per heavy atom. The Kier molecular flexibility index (Phi) is 25.4. The normalized spacial score (nSPS) is 16.0. The highest BCUT2D eigenvalue weighted by atomic mass is 35.5. The maximum Gasteiger partial charge on any atom is 0.270 e. The molecule has 578 valence electrons. The smallest absolute Gasteiger partial charge is 0.270 e. The number of ether oxygens (including phenoxy) is 2. The van der Waals surface area contributed by atoms with Crippen LogP contribution in [0.1, 0.15) is 311 Å². The molecule has 18 heteroatoms. The molecule has 0 amide bonds. The SMILES string of the molecule is [C-]#[N+]/C(C#N)=C1\C(=C\c2cc3c(s2)-c2sc4c(sc5c4sc4c(OCCCCCCCC)c6c(sc7c8sc9c(c8sc76)C(CCCCCC)(CCCCCC)c6cc(/C=C7\C(=O)c8cc(Cl)c(Cl)cc8\C7=C(\C#N)[N+]#[C-])sc6-9)c(OCCCCCCCC)c45)c2C3(CCCCCC)CCCCCC)C(=O)c2ccccc21. The molecule has 8 nitrogen and oxygen atoms in total. The average molecular weight is 1670 g/mol. The van der Waals surface area contributed by atoms with Gasteiger partial charge < -0.3 is 9.47 Å². The number of Topliss-reactive ketones (excluding diaryl/α,β-unsaturated/α-hetero) is 2. The van der Waals surface area contributed by atoms with Gasteiger partial charge >= 0.3 is 0 Å². The first-order valence-corrected chi connectivity index (χ1v) is 48.6. The highest BCUT2D eigenvalue weighted by Gasteiger charge is 2.50. The van der Waals surface area contributed by atoms with Crippen LogP contribution in [0.15, 0.2) is 71.1 Å². The van der Waals surface area contributed by atoms with Crippen molar-refractivity contribution in [2.24, 2.45) is 0 Å². The summed E-state index contributed by atoms with van der Waals surface area (Å²) in [6.45, 7) is 31.3. The van der Waals surface area contributed by atoms with Crippen LogP contribution in [-0.2, 0) is 10.8 Å². The van der Waals surface area contributed by atoms with Gasteiger partial charge in [-0.1, -0.05) is 256 Å². The molecule has 0 bridgehead atoms. The van der Waals surface area contributed by atoms with E-state index in [1.165, 1.54) is 177 Å². The summed E-state index contributed by atoms with van der Waals surface area (Å²) in [5.74, 6) is 1.60. The van der Waals surface area contributed by atoms with E-state index in [0.29, 0.717) is 57.8 Å². The lowest BCUT2D eigenvalue weighted by Gasteiger charge is -2.32. The van der Waals surface area contributed by atoms with E-state index >= 15 is 0 Å². The van der Waals surface area contributed by atoms with E-state index in [-0.39, 0.29) is 43.8 Å². The third-order valence-corrected chi connectivity index (χ3v) is 35.2. The zero-order chi connectivity index (χ0) is 78.0. The Balaban J connectivity index is 0.946. The predicted octanol–water partition coefficient (Wildman–Crippen LogP) is 33.2. The number of benzene rings is 3. The van der Waals surface area contributed by atoms with Gasteiger partial charge in [-0.2, -0.15) is 0 Å². The second-order valence-corrected chi connectivity index (χ2v) is 40.3. The molecule has 0 fully saturated rings. The lowest BCUT2D eigenvalue weighted by molar-refractivity contribution is 0.103. The number of hydrogen-bond acceptors (Lipinski definition) is 14. The molecule has 0 atom stereocenters. The lowest BCUT2D eigenvalue weighted by Crippen LogP contribution is -2.25. The Morgan fingerprint density at radius 2 is 0.759 bits per heavy atom. The molecule has 0 spiro atoms. The topological polar surface area (TPSA) is 109 Å². The fraction of sp³-hybridized carbons (Fsp3) is 0.447. The molecular formula is C94H96Cl2N4O4S8. The lowest BCUT2D eigenvalue weighted by atomic mass is 9.71. The molecule has 0 saturated carbocycles. The molecule has 0 N–H and O–H groups in total. The van der Waals surface area contributed by atoms with Crippen molar-refractivity contribution in [1.29, 1.82) is 10.5 Å². The minimum absolute atomic E-state index is 0.0551. The number of carbonyl (C=O) groups excluding carboxylic acids is 2. The van der Waals surface area contributed by atoms with Gasteiger partial charge in [0.2, 0.25) is 0 Å². The van der Waals surface area contributed by atoms with E-state index in [1.54, 1.807) is 34.8 Å². The molecular weight excluding hydrogens is 1580 g/mol. The molecule has 0 radical (unpaired) electrons. The van der Waals surface area contributed by atoms with Gasteiger partial charge in [-0.25, -0.2) is 20.2 Å². The van der Waals surface area contributed by atoms with Crippen molar-refractivity contribution < 1.29 is 19.1 Å². The van der Waals surface area contributed by atoms with Crippen molar-refractivity contribution in [2.45, 2.75) is 258 Å². The highest BCUT2D eigenvalue weighted by molar-refractivity contribution is 7.44. The largest absolute Gasteiger partial charge is 0.491 e. The van der Waals surface area contributed by atoms with Gasteiger partial charge in [0.05, 0.1) is 116 Å². The number of unbranched alkanes of at least 4 members (excludes halogenated alkanes) is 22.